The van der Waals surface area contributed by atoms with E-state index in [0.29, 0.717) is 36.0 Å². The number of aryl methyl sites for hydroxylation is 1. The van der Waals surface area contributed by atoms with E-state index < -0.39 is 21.5 Å². The quantitative estimate of drug-likeness (QED) is 0.578. The minimum Gasteiger partial charge on any atom is -0.345 e. The molecule has 0 N–H and O–H groups in total. The van der Waals surface area contributed by atoms with Crippen molar-refractivity contribution >= 4 is 42.4 Å². The minimum absolute atomic E-state index is 0.0815. The van der Waals surface area contributed by atoms with E-state index in [1.165, 1.54) is 17.4 Å². The van der Waals surface area contributed by atoms with E-state index in [4.69, 9.17) is 0 Å². The van der Waals surface area contributed by atoms with E-state index in [1.54, 1.807) is 29.2 Å². The number of piperazine rings is 1. The van der Waals surface area contributed by atoms with Gasteiger partial charge in [0, 0.05) is 38.7 Å². The molecule has 1 amide bonds. The van der Waals surface area contributed by atoms with Crippen LogP contribution >= 0.6 is 11.3 Å². The normalized spacial score (nSPS) is 14.9. The highest BCUT2D eigenvalue weighted by Gasteiger charge is 2.25. The minimum atomic E-state index is -3.52. The molecule has 0 unspecified atom stereocenters. The van der Waals surface area contributed by atoms with Gasteiger partial charge in [0.15, 0.2) is 20.8 Å². The van der Waals surface area contributed by atoms with E-state index in [0.717, 1.165) is 11.6 Å². The zero-order valence-corrected chi connectivity index (χ0v) is 18.5. The van der Waals surface area contributed by atoms with Crippen LogP contribution in [-0.2, 0) is 14.6 Å². The lowest BCUT2D eigenvalue weighted by Gasteiger charge is -2.34. The SMILES string of the molecule is Cc1ccc(S(=O)(=O)CCC(=O)N2CCN(c3nc4c(F)cc(F)cc4s3)CC2)cc1. The Kier molecular flexibility index (Phi) is 5.94. The van der Waals surface area contributed by atoms with Crippen LogP contribution in [-0.4, -0.2) is 56.1 Å². The number of nitrogens with zero attached hydrogens (tertiary/aromatic N) is 3. The second-order valence-electron chi connectivity index (χ2n) is 7.48. The smallest absolute Gasteiger partial charge is 0.223 e. The first kappa shape index (κ1) is 21.6. The third kappa shape index (κ3) is 4.69. The monoisotopic (exact) mass is 465 g/mol. The van der Waals surface area contributed by atoms with Crippen molar-refractivity contribution in [1.29, 1.82) is 0 Å². The number of sulfone groups is 1. The molecule has 0 radical (unpaired) electrons. The van der Waals surface area contributed by atoms with Crippen LogP contribution in [0.5, 0.6) is 0 Å². The van der Waals surface area contributed by atoms with Crippen molar-refractivity contribution < 1.29 is 22.0 Å². The largest absolute Gasteiger partial charge is 0.345 e. The number of benzene rings is 2. The first-order chi connectivity index (χ1) is 14.7. The van der Waals surface area contributed by atoms with Crippen LogP contribution in [0.15, 0.2) is 41.3 Å². The van der Waals surface area contributed by atoms with E-state index in [2.05, 4.69) is 4.98 Å². The maximum atomic E-state index is 13.9. The van der Waals surface area contributed by atoms with Crippen molar-refractivity contribution in [3.05, 3.63) is 53.6 Å². The molecule has 31 heavy (non-hydrogen) atoms. The van der Waals surface area contributed by atoms with Gasteiger partial charge in [0.05, 0.1) is 15.3 Å². The predicted molar refractivity (Wildman–Crippen MR) is 116 cm³/mol. The number of amides is 1. The topological polar surface area (TPSA) is 70.6 Å². The van der Waals surface area contributed by atoms with Crippen LogP contribution in [0.2, 0.25) is 0 Å². The highest BCUT2D eigenvalue weighted by Crippen LogP contribution is 2.31. The second-order valence-corrected chi connectivity index (χ2v) is 10.6. The third-order valence-corrected chi connectivity index (χ3v) is 8.06. The molecule has 1 aromatic heterocycles. The molecule has 2 heterocycles. The van der Waals surface area contributed by atoms with Crippen LogP contribution in [0, 0.1) is 18.6 Å². The first-order valence-electron chi connectivity index (χ1n) is 9.81. The van der Waals surface area contributed by atoms with Gasteiger partial charge in [-0.05, 0) is 25.1 Å². The molecule has 0 bridgehead atoms. The summed E-state index contributed by atoms with van der Waals surface area (Å²) in [5.41, 5.74) is 1.11. The molecule has 0 spiro atoms. The lowest BCUT2D eigenvalue weighted by molar-refractivity contribution is -0.131. The molecule has 1 saturated heterocycles. The Bertz CT molecular complexity index is 1220. The highest BCUT2D eigenvalue weighted by atomic mass is 32.2. The van der Waals surface area contributed by atoms with Gasteiger partial charge in [0.2, 0.25) is 5.91 Å². The number of rotatable bonds is 5. The van der Waals surface area contributed by atoms with Gasteiger partial charge < -0.3 is 9.80 Å². The maximum Gasteiger partial charge on any atom is 0.223 e. The average Bonchev–Trinajstić information content (AvgIpc) is 3.17. The summed E-state index contributed by atoms with van der Waals surface area (Å²) >= 11 is 1.21. The Balaban J connectivity index is 1.35. The summed E-state index contributed by atoms with van der Waals surface area (Å²) in [6, 6.07) is 8.65. The number of anilines is 1. The van der Waals surface area contributed by atoms with Crippen LogP contribution in [0.4, 0.5) is 13.9 Å². The van der Waals surface area contributed by atoms with Crippen molar-refractivity contribution in [2.24, 2.45) is 0 Å². The Morgan fingerprint density at radius 1 is 1.10 bits per heavy atom. The van der Waals surface area contributed by atoms with E-state index >= 15 is 0 Å². The molecule has 1 aliphatic heterocycles. The number of aromatic nitrogens is 1. The standard InChI is InChI=1S/C21H21F2N3O3S2/c1-14-2-4-16(5-3-14)31(28,29)11-6-19(27)25-7-9-26(10-8-25)21-24-20-17(23)12-15(22)13-18(20)30-21/h2-5,12-13H,6-11H2,1H3. The summed E-state index contributed by atoms with van der Waals surface area (Å²) in [5, 5.41) is 0.577. The highest BCUT2D eigenvalue weighted by molar-refractivity contribution is 7.91. The lowest BCUT2D eigenvalue weighted by Crippen LogP contribution is -2.49. The van der Waals surface area contributed by atoms with Gasteiger partial charge in [-0.3, -0.25) is 4.79 Å². The van der Waals surface area contributed by atoms with E-state index in [9.17, 15) is 22.0 Å². The molecule has 0 aliphatic carbocycles. The van der Waals surface area contributed by atoms with E-state index in [-0.39, 0.29) is 28.5 Å². The Hall–Kier alpha value is -2.59. The summed E-state index contributed by atoms with van der Waals surface area (Å²) in [6.45, 7) is 3.68. The summed E-state index contributed by atoms with van der Waals surface area (Å²) in [6.07, 6.45) is -0.0815. The van der Waals surface area contributed by atoms with Crippen LogP contribution in [0.25, 0.3) is 10.2 Å². The number of carbonyl (C=O) groups excluding carboxylic acids is 1. The summed E-state index contributed by atoms with van der Waals surface area (Å²) in [5.74, 6) is -1.79. The Morgan fingerprint density at radius 2 is 1.77 bits per heavy atom. The molecule has 164 valence electrons. The molecule has 0 atom stereocenters. The summed E-state index contributed by atoms with van der Waals surface area (Å²) in [4.78, 5) is 20.6. The fourth-order valence-corrected chi connectivity index (χ4v) is 5.76. The van der Waals surface area contributed by atoms with Crippen molar-refractivity contribution in [2.45, 2.75) is 18.2 Å². The van der Waals surface area contributed by atoms with E-state index in [1.807, 2.05) is 11.8 Å². The van der Waals surface area contributed by atoms with Crippen molar-refractivity contribution in [3.8, 4) is 0 Å². The molecule has 2 aromatic carbocycles. The molecule has 1 fully saturated rings. The molecule has 0 saturated carbocycles. The average molecular weight is 466 g/mol. The molecule has 6 nitrogen and oxygen atoms in total. The van der Waals surface area contributed by atoms with Crippen molar-refractivity contribution in [1.82, 2.24) is 9.88 Å². The fourth-order valence-electron chi connectivity index (χ4n) is 3.47. The lowest BCUT2D eigenvalue weighted by atomic mass is 10.2. The summed E-state index contributed by atoms with van der Waals surface area (Å²) < 4.78 is 52.7. The maximum absolute atomic E-state index is 13.9. The number of thiazole rings is 1. The number of fused-ring (bicyclic) bond motifs is 1. The van der Waals surface area contributed by atoms with Crippen LogP contribution in [0.1, 0.15) is 12.0 Å². The van der Waals surface area contributed by atoms with Gasteiger partial charge in [-0.15, -0.1) is 0 Å². The van der Waals surface area contributed by atoms with Crippen LogP contribution in [0.3, 0.4) is 0 Å². The molecule has 4 rings (SSSR count). The van der Waals surface area contributed by atoms with Gasteiger partial charge in [-0.2, -0.15) is 0 Å². The molecular weight excluding hydrogens is 444 g/mol. The number of hydrogen-bond donors (Lipinski definition) is 0. The third-order valence-electron chi connectivity index (χ3n) is 5.27. The zero-order valence-electron chi connectivity index (χ0n) is 16.8. The Morgan fingerprint density at radius 3 is 2.45 bits per heavy atom. The van der Waals surface area contributed by atoms with Gasteiger partial charge in [-0.1, -0.05) is 29.0 Å². The molecule has 1 aliphatic rings. The van der Waals surface area contributed by atoms with Gasteiger partial charge >= 0.3 is 0 Å². The zero-order chi connectivity index (χ0) is 22.2. The molecule has 10 heteroatoms. The number of halogens is 2. The fraction of sp³-hybridized carbons (Fsp3) is 0.333. The van der Waals surface area contributed by atoms with Gasteiger partial charge in [0.1, 0.15) is 11.3 Å². The summed E-state index contributed by atoms with van der Waals surface area (Å²) in [7, 11) is -3.52. The number of hydrogen-bond acceptors (Lipinski definition) is 6. The van der Waals surface area contributed by atoms with Crippen molar-refractivity contribution in [2.75, 3.05) is 36.8 Å². The number of carbonyl (C=O) groups is 1. The molecular formula is C21H21F2N3O3S2. The Labute approximate surface area is 183 Å². The van der Waals surface area contributed by atoms with Crippen LogP contribution < -0.4 is 4.90 Å². The second kappa shape index (κ2) is 8.51. The van der Waals surface area contributed by atoms with Crippen molar-refractivity contribution in [3.63, 3.8) is 0 Å². The predicted octanol–water partition coefficient (Wildman–Crippen LogP) is 3.40. The van der Waals surface area contributed by atoms with Gasteiger partial charge in [0.25, 0.3) is 0 Å². The molecule has 3 aromatic rings. The first-order valence-corrected chi connectivity index (χ1v) is 12.3. The van der Waals surface area contributed by atoms with Gasteiger partial charge in [-0.25, -0.2) is 22.2 Å².